The Balaban J connectivity index is 2.56. The number of rotatable bonds is 3. The number of hydrogen-bond acceptors (Lipinski definition) is 4. The molecule has 0 saturated heterocycles. The van der Waals surface area contributed by atoms with Gasteiger partial charge < -0.3 is 14.6 Å². The SMILES string of the molecule is COc1cc2c(cc1OC)C(C(C)(C)C)NC(C(=O)O)C2. The van der Waals surface area contributed by atoms with Gasteiger partial charge in [0, 0.05) is 6.04 Å². The minimum atomic E-state index is -0.829. The maximum absolute atomic E-state index is 11.4. The molecular weight excluding hydrogens is 270 g/mol. The van der Waals surface area contributed by atoms with E-state index in [1.807, 2.05) is 12.1 Å². The Kier molecular flexibility index (Phi) is 4.14. The number of carboxylic acid groups (broad SMARTS) is 1. The van der Waals surface area contributed by atoms with E-state index in [1.54, 1.807) is 14.2 Å². The van der Waals surface area contributed by atoms with Crippen molar-refractivity contribution in [3.05, 3.63) is 23.3 Å². The Morgan fingerprint density at radius 2 is 1.81 bits per heavy atom. The van der Waals surface area contributed by atoms with Crippen LogP contribution in [0, 0.1) is 5.41 Å². The van der Waals surface area contributed by atoms with E-state index in [1.165, 1.54) is 0 Å². The highest BCUT2D eigenvalue weighted by atomic mass is 16.5. The van der Waals surface area contributed by atoms with Gasteiger partial charge in [0.1, 0.15) is 6.04 Å². The molecule has 0 fully saturated rings. The topological polar surface area (TPSA) is 67.8 Å². The van der Waals surface area contributed by atoms with Gasteiger partial charge in [-0.25, -0.2) is 0 Å². The van der Waals surface area contributed by atoms with E-state index < -0.39 is 12.0 Å². The third-order valence-electron chi connectivity index (χ3n) is 3.91. The molecule has 1 aromatic rings. The van der Waals surface area contributed by atoms with Crippen molar-refractivity contribution in [2.75, 3.05) is 14.2 Å². The first-order chi connectivity index (χ1) is 9.77. The van der Waals surface area contributed by atoms with Crippen LogP contribution in [0.2, 0.25) is 0 Å². The van der Waals surface area contributed by atoms with E-state index in [0.717, 1.165) is 11.1 Å². The smallest absolute Gasteiger partial charge is 0.321 e. The Morgan fingerprint density at radius 3 is 2.29 bits per heavy atom. The number of benzene rings is 1. The monoisotopic (exact) mass is 293 g/mol. The fourth-order valence-corrected chi connectivity index (χ4v) is 2.83. The van der Waals surface area contributed by atoms with E-state index in [0.29, 0.717) is 17.9 Å². The van der Waals surface area contributed by atoms with Crippen molar-refractivity contribution < 1.29 is 19.4 Å². The van der Waals surface area contributed by atoms with Crippen molar-refractivity contribution >= 4 is 5.97 Å². The molecule has 0 radical (unpaired) electrons. The van der Waals surface area contributed by atoms with Gasteiger partial charge in [0.05, 0.1) is 14.2 Å². The zero-order valence-electron chi connectivity index (χ0n) is 13.2. The van der Waals surface area contributed by atoms with Crippen LogP contribution in [0.25, 0.3) is 0 Å². The second-order valence-corrected chi connectivity index (χ2v) is 6.47. The molecule has 2 atom stereocenters. The van der Waals surface area contributed by atoms with E-state index in [-0.39, 0.29) is 11.5 Å². The number of hydrogen-bond donors (Lipinski definition) is 2. The van der Waals surface area contributed by atoms with Crippen molar-refractivity contribution in [3.63, 3.8) is 0 Å². The summed E-state index contributed by atoms with van der Waals surface area (Å²) in [6.07, 6.45) is 0.442. The average Bonchev–Trinajstić information content (AvgIpc) is 2.43. The average molecular weight is 293 g/mol. The molecular formula is C16H23NO4. The van der Waals surface area contributed by atoms with Crippen LogP contribution in [-0.2, 0) is 11.2 Å². The van der Waals surface area contributed by atoms with Crippen LogP contribution in [0.4, 0.5) is 0 Å². The summed E-state index contributed by atoms with van der Waals surface area (Å²) in [7, 11) is 3.19. The van der Waals surface area contributed by atoms with Crippen LogP contribution < -0.4 is 14.8 Å². The summed E-state index contributed by atoms with van der Waals surface area (Å²) >= 11 is 0. The first kappa shape index (κ1) is 15.6. The number of ether oxygens (including phenoxy) is 2. The number of carbonyl (C=O) groups is 1. The Bertz CT molecular complexity index is 548. The van der Waals surface area contributed by atoms with E-state index >= 15 is 0 Å². The number of nitrogens with one attached hydrogen (secondary N) is 1. The molecule has 5 heteroatoms. The van der Waals surface area contributed by atoms with Gasteiger partial charge in [-0.2, -0.15) is 0 Å². The first-order valence-electron chi connectivity index (χ1n) is 7.01. The van der Waals surface area contributed by atoms with Gasteiger partial charge >= 0.3 is 5.97 Å². The largest absolute Gasteiger partial charge is 0.493 e. The van der Waals surface area contributed by atoms with Gasteiger partial charge in [-0.15, -0.1) is 0 Å². The van der Waals surface area contributed by atoms with Crippen molar-refractivity contribution in [3.8, 4) is 11.5 Å². The fourth-order valence-electron chi connectivity index (χ4n) is 2.83. The van der Waals surface area contributed by atoms with E-state index in [4.69, 9.17) is 9.47 Å². The Morgan fingerprint density at radius 1 is 1.24 bits per heavy atom. The Hall–Kier alpha value is -1.75. The zero-order valence-corrected chi connectivity index (χ0v) is 13.2. The highest BCUT2D eigenvalue weighted by Gasteiger charge is 2.37. The van der Waals surface area contributed by atoms with Crippen LogP contribution in [0.5, 0.6) is 11.5 Å². The molecule has 0 spiro atoms. The second-order valence-electron chi connectivity index (χ2n) is 6.47. The molecule has 116 valence electrons. The summed E-state index contributed by atoms with van der Waals surface area (Å²) in [5, 5.41) is 12.6. The minimum Gasteiger partial charge on any atom is -0.493 e. The Labute approximate surface area is 125 Å². The molecule has 5 nitrogen and oxygen atoms in total. The molecule has 2 rings (SSSR count). The van der Waals surface area contributed by atoms with Gasteiger partial charge in [0.2, 0.25) is 0 Å². The molecule has 0 amide bonds. The van der Waals surface area contributed by atoms with Gasteiger partial charge in [-0.3, -0.25) is 10.1 Å². The van der Waals surface area contributed by atoms with Crippen molar-refractivity contribution in [1.29, 1.82) is 0 Å². The van der Waals surface area contributed by atoms with Gasteiger partial charge in [0.15, 0.2) is 11.5 Å². The summed E-state index contributed by atoms with van der Waals surface area (Å²) in [6, 6.07) is 3.21. The number of aliphatic carboxylic acids is 1. The normalized spacial score (nSPS) is 21.6. The lowest BCUT2D eigenvalue weighted by Crippen LogP contribution is -2.48. The standard InChI is InChI=1S/C16H23NO4/c1-16(2,3)14-10-8-13(21-5)12(20-4)7-9(10)6-11(17-14)15(18)19/h7-8,11,14,17H,6H2,1-5H3,(H,18,19). The second kappa shape index (κ2) is 5.56. The quantitative estimate of drug-likeness (QED) is 0.895. The molecule has 1 aromatic carbocycles. The van der Waals surface area contributed by atoms with Crippen molar-refractivity contribution in [2.24, 2.45) is 5.41 Å². The lowest BCUT2D eigenvalue weighted by atomic mass is 9.76. The number of carboxylic acids is 1. The van der Waals surface area contributed by atoms with Crippen molar-refractivity contribution in [1.82, 2.24) is 5.32 Å². The minimum absolute atomic E-state index is 0.0536. The maximum Gasteiger partial charge on any atom is 0.321 e. The van der Waals surface area contributed by atoms with E-state index in [9.17, 15) is 9.90 Å². The molecule has 0 saturated carbocycles. The third kappa shape index (κ3) is 2.97. The molecule has 0 aromatic heterocycles. The van der Waals surface area contributed by atoms with Crippen molar-refractivity contribution in [2.45, 2.75) is 39.3 Å². The van der Waals surface area contributed by atoms with E-state index in [2.05, 4.69) is 26.1 Å². The number of methoxy groups -OCH3 is 2. The molecule has 21 heavy (non-hydrogen) atoms. The summed E-state index contributed by atoms with van der Waals surface area (Å²) in [6.45, 7) is 6.28. The lowest BCUT2D eigenvalue weighted by molar-refractivity contribution is -0.140. The van der Waals surface area contributed by atoms with Crippen LogP contribution in [0.1, 0.15) is 37.9 Å². The molecule has 2 unspecified atom stereocenters. The number of fused-ring (bicyclic) bond motifs is 1. The van der Waals surface area contributed by atoms with Gasteiger partial charge in [-0.05, 0) is 35.1 Å². The molecule has 2 N–H and O–H groups in total. The van der Waals surface area contributed by atoms with Crippen LogP contribution >= 0.6 is 0 Å². The van der Waals surface area contributed by atoms with Crippen LogP contribution in [0.15, 0.2) is 12.1 Å². The predicted octanol–water partition coefficient (Wildman–Crippen LogP) is 2.39. The first-order valence-corrected chi connectivity index (χ1v) is 7.01. The van der Waals surface area contributed by atoms with Crippen LogP contribution in [-0.4, -0.2) is 31.3 Å². The molecule has 0 aliphatic carbocycles. The summed E-state index contributed by atoms with van der Waals surface area (Å²) < 4.78 is 10.7. The lowest BCUT2D eigenvalue weighted by Gasteiger charge is -2.39. The van der Waals surface area contributed by atoms with Gasteiger partial charge in [0.25, 0.3) is 0 Å². The summed E-state index contributed by atoms with van der Waals surface area (Å²) in [5.74, 6) is 0.473. The fraction of sp³-hybridized carbons (Fsp3) is 0.562. The summed E-state index contributed by atoms with van der Waals surface area (Å²) in [5.41, 5.74) is 1.97. The molecule has 1 heterocycles. The zero-order chi connectivity index (χ0) is 15.8. The third-order valence-corrected chi connectivity index (χ3v) is 3.91. The van der Waals surface area contributed by atoms with Crippen LogP contribution in [0.3, 0.4) is 0 Å². The van der Waals surface area contributed by atoms with Gasteiger partial charge in [-0.1, -0.05) is 20.8 Å². The summed E-state index contributed by atoms with van der Waals surface area (Å²) in [4.78, 5) is 11.4. The maximum atomic E-state index is 11.4. The molecule has 1 aliphatic heterocycles. The molecule has 0 bridgehead atoms. The molecule has 1 aliphatic rings. The highest BCUT2D eigenvalue weighted by molar-refractivity contribution is 5.75. The highest BCUT2D eigenvalue weighted by Crippen LogP contribution is 2.42. The predicted molar refractivity (Wildman–Crippen MR) is 80.0 cm³/mol.